The molecule has 1 heterocycles. The SMILES string of the molecule is CC/C=C\C/C=C\C/C=C\CCCCCC(=O)OC(COC(=O)CCCCCCCCC/C=C\CCCCCCCC)COC1OC(C(=O)O)C(O)C(O)C1OC(=O)CCCCCCCCCCCCCCCCCCCCC. The molecule has 1 aliphatic rings. The summed E-state index contributed by atoms with van der Waals surface area (Å²) in [6.07, 6.45) is 55.1. The standard InChI is InChI=1S/C67H118O12/c1-4-7-10-13-16-19-22-25-27-29-30-32-34-37-40-43-46-49-52-55-61(70)78-65-63(72)62(71)64(66(73)74)79-67(65)76-57-58(77-60(69)54-51-48-45-42-39-35-24-21-18-15-12-9-6-3)56-75-59(68)53-50-47-44-41-38-36-33-31-28-26-23-20-17-14-11-8-5-2/h9,12,18,21,26,28,35,39,58,62-65,67,71-72H,4-8,10-11,13-17,19-20,22-25,27,29-34,36-38,40-57H2,1-3H3,(H,73,74)/b12-9-,21-18-,28-26-,39-35-. The molecule has 0 amide bonds. The van der Waals surface area contributed by atoms with Crippen LogP contribution < -0.4 is 0 Å². The molecule has 1 saturated heterocycles. The topological polar surface area (TPSA) is 175 Å². The predicted octanol–water partition coefficient (Wildman–Crippen LogP) is 17.3. The normalized spacial score (nSPS) is 18.1. The molecule has 6 atom stereocenters. The van der Waals surface area contributed by atoms with Gasteiger partial charge in [-0.2, -0.15) is 0 Å². The van der Waals surface area contributed by atoms with Crippen LogP contribution in [0.25, 0.3) is 0 Å². The summed E-state index contributed by atoms with van der Waals surface area (Å²) in [5.41, 5.74) is 0. The van der Waals surface area contributed by atoms with E-state index in [0.29, 0.717) is 19.3 Å². The summed E-state index contributed by atoms with van der Waals surface area (Å²) in [5.74, 6) is -3.14. The lowest BCUT2D eigenvalue weighted by Gasteiger charge is -2.40. The second-order valence-electron chi connectivity index (χ2n) is 22.4. The first-order valence-electron chi connectivity index (χ1n) is 32.6. The lowest BCUT2D eigenvalue weighted by molar-refractivity contribution is -0.301. The average Bonchev–Trinajstić information content (AvgIpc) is 3.43. The van der Waals surface area contributed by atoms with Crippen LogP contribution in [0.15, 0.2) is 48.6 Å². The highest BCUT2D eigenvalue weighted by atomic mass is 16.7. The van der Waals surface area contributed by atoms with E-state index in [-0.39, 0.29) is 25.9 Å². The molecule has 0 radical (unpaired) electrons. The van der Waals surface area contributed by atoms with Crippen LogP contribution in [0.3, 0.4) is 0 Å². The number of unbranched alkanes of at least 4 members (excludes halogenated alkanes) is 34. The highest BCUT2D eigenvalue weighted by molar-refractivity contribution is 5.74. The Morgan fingerprint density at radius 3 is 1.24 bits per heavy atom. The van der Waals surface area contributed by atoms with Crippen LogP contribution in [0.1, 0.15) is 303 Å². The molecule has 6 unspecified atom stereocenters. The Morgan fingerprint density at radius 2 is 0.797 bits per heavy atom. The molecule has 1 rings (SSSR count). The number of aliphatic carboxylic acids is 1. The quantitative estimate of drug-likeness (QED) is 0.0228. The van der Waals surface area contributed by atoms with E-state index in [1.165, 1.54) is 154 Å². The van der Waals surface area contributed by atoms with Gasteiger partial charge in [0.25, 0.3) is 0 Å². The number of carbonyl (C=O) groups is 4. The number of hydrogen-bond acceptors (Lipinski definition) is 11. The first-order valence-corrected chi connectivity index (χ1v) is 32.6. The fourth-order valence-electron chi connectivity index (χ4n) is 9.91. The van der Waals surface area contributed by atoms with Crippen molar-refractivity contribution in [3.8, 4) is 0 Å². The van der Waals surface area contributed by atoms with Gasteiger partial charge in [0, 0.05) is 19.3 Å². The van der Waals surface area contributed by atoms with E-state index >= 15 is 0 Å². The molecule has 458 valence electrons. The molecule has 0 bridgehead atoms. The number of carboxylic acids is 1. The van der Waals surface area contributed by atoms with Gasteiger partial charge in [0.2, 0.25) is 0 Å². The van der Waals surface area contributed by atoms with Gasteiger partial charge in [-0.05, 0) is 77.0 Å². The average molecular weight is 1120 g/mol. The highest BCUT2D eigenvalue weighted by Gasteiger charge is 2.50. The van der Waals surface area contributed by atoms with Crippen molar-refractivity contribution in [3.05, 3.63) is 48.6 Å². The summed E-state index contributed by atoms with van der Waals surface area (Å²) in [6.45, 7) is 5.89. The van der Waals surface area contributed by atoms with Crippen molar-refractivity contribution in [2.45, 2.75) is 340 Å². The van der Waals surface area contributed by atoms with Crippen LogP contribution >= 0.6 is 0 Å². The van der Waals surface area contributed by atoms with E-state index in [4.69, 9.17) is 23.7 Å². The summed E-state index contributed by atoms with van der Waals surface area (Å²) in [7, 11) is 0. The van der Waals surface area contributed by atoms with Gasteiger partial charge in [-0.25, -0.2) is 4.79 Å². The van der Waals surface area contributed by atoms with Crippen molar-refractivity contribution in [3.63, 3.8) is 0 Å². The predicted molar refractivity (Wildman–Crippen MR) is 322 cm³/mol. The number of rotatable bonds is 56. The Bertz CT molecular complexity index is 1560. The molecule has 0 aromatic carbocycles. The van der Waals surface area contributed by atoms with Gasteiger partial charge in [0.05, 0.1) is 6.61 Å². The molecule has 0 aromatic rings. The molecule has 1 aliphatic heterocycles. The molecular formula is C67H118O12. The van der Waals surface area contributed by atoms with Crippen LogP contribution in [0.5, 0.6) is 0 Å². The van der Waals surface area contributed by atoms with Crippen LogP contribution in [-0.2, 0) is 42.9 Å². The van der Waals surface area contributed by atoms with Crippen LogP contribution in [0.4, 0.5) is 0 Å². The van der Waals surface area contributed by atoms with E-state index in [1.807, 2.05) is 0 Å². The summed E-state index contributed by atoms with van der Waals surface area (Å²) in [5, 5.41) is 31.6. The molecule has 1 fully saturated rings. The molecule has 79 heavy (non-hydrogen) atoms. The fraction of sp³-hybridized carbons (Fsp3) is 0.821. The first kappa shape index (κ1) is 73.7. The Hall–Kier alpha value is -3.32. The maximum atomic E-state index is 13.2. The van der Waals surface area contributed by atoms with Gasteiger partial charge in [-0.15, -0.1) is 0 Å². The van der Waals surface area contributed by atoms with Gasteiger partial charge >= 0.3 is 23.9 Å². The molecule has 0 aromatic heterocycles. The van der Waals surface area contributed by atoms with E-state index in [1.54, 1.807) is 0 Å². The van der Waals surface area contributed by atoms with Crippen molar-refractivity contribution in [1.29, 1.82) is 0 Å². The Kier molecular flexibility index (Phi) is 51.5. The minimum Gasteiger partial charge on any atom is -0.479 e. The number of ether oxygens (including phenoxy) is 5. The van der Waals surface area contributed by atoms with Crippen molar-refractivity contribution in [2.24, 2.45) is 0 Å². The third-order valence-corrected chi connectivity index (χ3v) is 14.9. The van der Waals surface area contributed by atoms with Gasteiger partial charge in [0.1, 0.15) is 18.8 Å². The van der Waals surface area contributed by atoms with E-state index in [9.17, 15) is 34.5 Å². The molecule has 3 N–H and O–H groups in total. The number of aliphatic hydroxyl groups is 2. The van der Waals surface area contributed by atoms with E-state index in [0.717, 1.165) is 89.9 Å². The molecule has 0 spiro atoms. The Balaban J connectivity index is 2.63. The Labute approximate surface area is 482 Å². The largest absolute Gasteiger partial charge is 0.479 e. The monoisotopic (exact) mass is 1110 g/mol. The van der Waals surface area contributed by atoms with Crippen molar-refractivity contribution in [1.82, 2.24) is 0 Å². The molecule has 12 heteroatoms. The second kappa shape index (κ2) is 55.2. The van der Waals surface area contributed by atoms with Crippen molar-refractivity contribution >= 4 is 23.9 Å². The molecule has 12 nitrogen and oxygen atoms in total. The second-order valence-corrected chi connectivity index (χ2v) is 22.4. The fourth-order valence-corrected chi connectivity index (χ4v) is 9.91. The maximum absolute atomic E-state index is 13.2. The molecule has 0 aliphatic carbocycles. The van der Waals surface area contributed by atoms with E-state index in [2.05, 4.69) is 69.4 Å². The summed E-state index contributed by atoms with van der Waals surface area (Å²) in [6, 6.07) is 0. The van der Waals surface area contributed by atoms with Crippen molar-refractivity contribution in [2.75, 3.05) is 13.2 Å². The number of esters is 3. The number of allylic oxidation sites excluding steroid dienone is 8. The molecule has 0 saturated carbocycles. The number of aliphatic hydroxyl groups excluding tert-OH is 2. The minimum absolute atomic E-state index is 0.0610. The third kappa shape index (κ3) is 45.0. The summed E-state index contributed by atoms with van der Waals surface area (Å²) < 4.78 is 28.5. The van der Waals surface area contributed by atoms with Gasteiger partial charge < -0.3 is 39.0 Å². The van der Waals surface area contributed by atoms with E-state index < -0.39 is 67.3 Å². The van der Waals surface area contributed by atoms with Crippen LogP contribution in [-0.4, -0.2) is 89.2 Å². The number of carbonyl (C=O) groups excluding carboxylic acids is 3. The van der Waals surface area contributed by atoms with Gasteiger partial charge in [-0.3, -0.25) is 14.4 Å². The van der Waals surface area contributed by atoms with Gasteiger partial charge in [-0.1, -0.05) is 256 Å². The molecular weight excluding hydrogens is 997 g/mol. The lowest BCUT2D eigenvalue weighted by Crippen LogP contribution is -2.61. The van der Waals surface area contributed by atoms with Crippen LogP contribution in [0, 0.1) is 0 Å². The maximum Gasteiger partial charge on any atom is 0.335 e. The summed E-state index contributed by atoms with van der Waals surface area (Å²) >= 11 is 0. The lowest BCUT2D eigenvalue weighted by atomic mass is 9.98. The third-order valence-electron chi connectivity index (χ3n) is 14.9. The Morgan fingerprint density at radius 1 is 0.430 bits per heavy atom. The van der Waals surface area contributed by atoms with Crippen LogP contribution in [0.2, 0.25) is 0 Å². The van der Waals surface area contributed by atoms with Gasteiger partial charge in [0.15, 0.2) is 24.6 Å². The smallest absolute Gasteiger partial charge is 0.335 e. The zero-order valence-electron chi connectivity index (χ0n) is 50.6. The summed E-state index contributed by atoms with van der Waals surface area (Å²) in [4.78, 5) is 51.3. The van der Waals surface area contributed by atoms with Crippen molar-refractivity contribution < 1.29 is 58.2 Å². The zero-order chi connectivity index (χ0) is 57.5. The highest BCUT2D eigenvalue weighted by Crippen LogP contribution is 2.27. The minimum atomic E-state index is -1.91. The number of hydrogen-bond donors (Lipinski definition) is 3. The zero-order valence-corrected chi connectivity index (χ0v) is 50.6. The first-order chi connectivity index (χ1) is 38.6. The number of carboxylic acid groups (broad SMARTS) is 1.